The number of hydrogen-bond donors (Lipinski definition) is 2. The van der Waals surface area contributed by atoms with Crippen LogP contribution in [-0.4, -0.2) is 30.1 Å². The molecule has 0 aliphatic heterocycles. The first-order chi connectivity index (χ1) is 8.90. The molecule has 0 amide bonds. The first-order valence-corrected chi connectivity index (χ1v) is 7.91. The third-order valence-electron chi connectivity index (χ3n) is 3.66. The van der Waals surface area contributed by atoms with Gasteiger partial charge in [-0.25, -0.2) is 0 Å². The SMILES string of the molecule is OCC1CCCCC1NCCSc1ccccc1. The van der Waals surface area contributed by atoms with Gasteiger partial charge in [-0.1, -0.05) is 31.0 Å². The monoisotopic (exact) mass is 265 g/mol. The van der Waals surface area contributed by atoms with Crippen LogP contribution in [0.5, 0.6) is 0 Å². The van der Waals surface area contributed by atoms with Crippen molar-refractivity contribution in [3.63, 3.8) is 0 Å². The van der Waals surface area contributed by atoms with E-state index in [1.807, 2.05) is 11.8 Å². The van der Waals surface area contributed by atoms with Crippen LogP contribution >= 0.6 is 11.8 Å². The molecule has 2 nitrogen and oxygen atoms in total. The lowest BCUT2D eigenvalue weighted by atomic mass is 9.85. The number of hydrogen-bond acceptors (Lipinski definition) is 3. The number of rotatable bonds is 6. The predicted octanol–water partition coefficient (Wildman–Crippen LogP) is 2.92. The summed E-state index contributed by atoms with van der Waals surface area (Å²) < 4.78 is 0. The minimum atomic E-state index is 0.337. The summed E-state index contributed by atoms with van der Waals surface area (Å²) in [4.78, 5) is 1.33. The fourth-order valence-corrected chi connectivity index (χ4v) is 3.43. The molecule has 2 unspecified atom stereocenters. The van der Waals surface area contributed by atoms with Crippen molar-refractivity contribution in [1.29, 1.82) is 0 Å². The number of thioether (sulfide) groups is 1. The molecule has 100 valence electrons. The summed E-state index contributed by atoms with van der Waals surface area (Å²) in [5, 5.41) is 13.0. The van der Waals surface area contributed by atoms with Gasteiger partial charge in [-0.05, 0) is 30.9 Å². The number of benzene rings is 1. The molecule has 1 aliphatic rings. The van der Waals surface area contributed by atoms with Crippen LogP contribution in [0.1, 0.15) is 25.7 Å². The summed E-state index contributed by atoms with van der Waals surface area (Å²) >= 11 is 1.89. The lowest BCUT2D eigenvalue weighted by Crippen LogP contribution is -2.41. The molecule has 3 heteroatoms. The standard InChI is InChI=1S/C15H23NOS/c17-12-13-6-4-5-9-15(13)16-10-11-18-14-7-2-1-3-8-14/h1-3,7-8,13,15-17H,4-6,9-12H2. The zero-order chi connectivity index (χ0) is 12.6. The van der Waals surface area contributed by atoms with Gasteiger partial charge >= 0.3 is 0 Å². The Morgan fingerprint density at radius 3 is 2.72 bits per heavy atom. The number of aliphatic hydroxyl groups is 1. The number of aliphatic hydroxyl groups excluding tert-OH is 1. The fourth-order valence-electron chi connectivity index (χ4n) is 2.62. The van der Waals surface area contributed by atoms with Crippen molar-refractivity contribution < 1.29 is 5.11 Å². The molecular formula is C15H23NOS. The smallest absolute Gasteiger partial charge is 0.0474 e. The van der Waals surface area contributed by atoms with Crippen molar-refractivity contribution in [3.8, 4) is 0 Å². The van der Waals surface area contributed by atoms with Crippen LogP contribution in [0.3, 0.4) is 0 Å². The Kier molecular flexibility index (Phi) is 6.05. The molecule has 1 aliphatic carbocycles. The summed E-state index contributed by atoms with van der Waals surface area (Å²) in [6.45, 7) is 1.37. The van der Waals surface area contributed by atoms with Crippen molar-refractivity contribution in [3.05, 3.63) is 30.3 Å². The summed E-state index contributed by atoms with van der Waals surface area (Å²) in [5.74, 6) is 1.57. The summed E-state index contributed by atoms with van der Waals surface area (Å²) in [5.41, 5.74) is 0. The average molecular weight is 265 g/mol. The van der Waals surface area contributed by atoms with Crippen LogP contribution in [0.2, 0.25) is 0 Å². The van der Waals surface area contributed by atoms with Crippen molar-refractivity contribution >= 4 is 11.8 Å². The maximum Gasteiger partial charge on any atom is 0.0474 e. The van der Waals surface area contributed by atoms with Crippen LogP contribution in [0, 0.1) is 5.92 Å². The van der Waals surface area contributed by atoms with Gasteiger partial charge in [0.2, 0.25) is 0 Å². The molecule has 0 saturated heterocycles. The Bertz CT molecular complexity index is 331. The Morgan fingerprint density at radius 2 is 1.94 bits per heavy atom. The molecule has 0 bridgehead atoms. The van der Waals surface area contributed by atoms with Crippen molar-refractivity contribution in [2.75, 3.05) is 18.9 Å². The molecule has 2 atom stereocenters. The maximum atomic E-state index is 9.35. The molecule has 0 aromatic heterocycles. The Hall–Kier alpha value is -0.510. The van der Waals surface area contributed by atoms with E-state index < -0.39 is 0 Å². The highest BCUT2D eigenvalue weighted by molar-refractivity contribution is 7.99. The van der Waals surface area contributed by atoms with Crippen LogP contribution < -0.4 is 5.32 Å². The van der Waals surface area contributed by atoms with E-state index in [0.29, 0.717) is 18.6 Å². The van der Waals surface area contributed by atoms with Gasteiger partial charge in [-0.15, -0.1) is 11.8 Å². The lowest BCUT2D eigenvalue weighted by molar-refractivity contribution is 0.154. The van der Waals surface area contributed by atoms with Gasteiger partial charge in [0.25, 0.3) is 0 Å². The molecule has 0 spiro atoms. The zero-order valence-corrected chi connectivity index (χ0v) is 11.7. The molecule has 1 saturated carbocycles. The largest absolute Gasteiger partial charge is 0.396 e. The molecule has 1 aromatic rings. The molecule has 1 fully saturated rings. The highest BCUT2D eigenvalue weighted by atomic mass is 32.2. The van der Waals surface area contributed by atoms with E-state index >= 15 is 0 Å². The quantitative estimate of drug-likeness (QED) is 0.613. The first kappa shape index (κ1) is 13.9. The Balaban J connectivity index is 1.65. The second-order valence-corrected chi connectivity index (χ2v) is 6.12. The van der Waals surface area contributed by atoms with Gasteiger partial charge in [-0.2, -0.15) is 0 Å². The minimum Gasteiger partial charge on any atom is -0.396 e. The van der Waals surface area contributed by atoms with Crippen LogP contribution in [0.15, 0.2) is 35.2 Å². The fraction of sp³-hybridized carbons (Fsp3) is 0.600. The third-order valence-corrected chi connectivity index (χ3v) is 4.68. The number of nitrogens with one attached hydrogen (secondary N) is 1. The molecule has 1 aromatic carbocycles. The molecule has 0 heterocycles. The van der Waals surface area contributed by atoms with E-state index in [0.717, 1.165) is 12.3 Å². The highest BCUT2D eigenvalue weighted by Gasteiger charge is 2.23. The second kappa shape index (κ2) is 7.82. The van der Waals surface area contributed by atoms with Gasteiger partial charge in [-0.3, -0.25) is 0 Å². The van der Waals surface area contributed by atoms with Gasteiger partial charge in [0, 0.05) is 29.8 Å². The van der Waals surface area contributed by atoms with Gasteiger partial charge < -0.3 is 10.4 Å². The predicted molar refractivity (Wildman–Crippen MR) is 78.0 cm³/mol. The first-order valence-electron chi connectivity index (χ1n) is 6.92. The third kappa shape index (κ3) is 4.30. The van der Waals surface area contributed by atoms with E-state index in [4.69, 9.17) is 0 Å². The van der Waals surface area contributed by atoms with Gasteiger partial charge in [0.05, 0.1) is 0 Å². The van der Waals surface area contributed by atoms with Crippen LogP contribution in [0.4, 0.5) is 0 Å². The van der Waals surface area contributed by atoms with Crippen LogP contribution in [-0.2, 0) is 0 Å². The summed E-state index contributed by atoms with van der Waals surface area (Å²) in [7, 11) is 0. The zero-order valence-electron chi connectivity index (χ0n) is 10.8. The van der Waals surface area contributed by atoms with Crippen molar-refractivity contribution in [2.45, 2.75) is 36.6 Å². The molecule has 0 radical (unpaired) electrons. The summed E-state index contributed by atoms with van der Waals surface area (Å²) in [6.07, 6.45) is 4.99. The Labute approximate surface area is 114 Å². The normalized spacial score (nSPS) is 24.1. The van der Waals surface area contributed by atoms with E-state index in [2.05, 4.69) is 35.6 Å². The average Bonchev–Trinajstić information content (AvgIpc) is 2.45. The minimum absolute atomic E-state index is 0.337. The molecule has 2 N–H and O–H groups in total. The summed E-state index contributed by atoms with van der Waals surface area (Å²) in [6, 6.07) is 11.1. The van der Waals surface area contributed by atoms with E-state index in [1.54, 1.807) is 0 Å². The molecular weight excluding hydrogens is 242 g/mol. The lowest BCUT2D eigenvalue weighted by Gasteiger charge is -2.31. The van der Waals surface area contributed by atoms with Crippen molar-refractivity contribution in [2.24, 2.45) is 5.92 Å². The molecule has 18 heavy (non-hydrogen) atoms. The topological polar surface area (TPSA) is 32.3 Å². The Morgan fingerprint density at radius 1 is 1.17 bits per heavy atom. The van der Waals surface area contributed by atoms with Crippen LogP contribution in [0.25, 0.3) is 0 Å². The van der Waals surface area contributed by atoms with Crippen molar-refractivity contribution in [1.82, 2.24) is 5.32 Å². The highest BCUT2D eigenvalue weighted by Crippen LogP contribution is 2.24. The molecule has 2 rings (SSSR count). The maximum absolute atomic E-state index is 9.35. The van der Waals surface area contributed by atoms with E-state index in [-0.39, 0.29) is 0 Å². The van der Waals surface area contributed by atoms with E-state index in [9.17, 15) is 5.11 Å². The van der Waals surface area contributed by atoms with E-state index in [1.165, 1.54) is 30.6 Å². The van der Waals surface area contributed by atoms with Gasteiger partial charge in [0.15, 0.2) is 0 Å². The second-order valence-electron chi connectivity index (χ2n) is 4.95. The van der Waals surface area contributed by atoms with Gasteiger partial charge in [0.1, 0.15) is 0 Å².